The van der Waals surface area contributed by atoms with Gasteiger partial charge in [0.25, 0.3) is 5.91 Å². The van der Waals surface area contributed by atoms with Crippen LogP contribution in [-0.4, -0.2) is 18.1 Å². The molecule has 2 atom stereocenters. The van der Waals surface area contributed by atoms with Crippen molar-refractivity contribution < 1.29 is 9.53 Å². The van der Waals surface area contributed by atoms with Gasteiger partial charge < -0.3 is 15.8 Å². The van der Waals surface area contributed by atoms with E-state index >= 15 is 0 Å². The molecule has 0 aromatic heterocycles. The lowest BCUT2D eigenvalue weighted by Crippen LogP contribution is -2.41. The van der Waals surface area contributed by atoms with Gasteiger partial charge in [-0.1, -0.05) is 25.0 Å². The molecular weight excluding hydrogens is 252 g/mol. The fraction of sp³-hybridized carbons (Fsp3) is 0.562. The largest absolute Gasteiger partial charge is 0.481 e. The number of carbonyl (C=O) groups excluding carboxylic acids is 1. The Morgan fingerprint density at radius 3 is 2.70 bits per heavy atom. The number of ether oxygens (including phenoxy) is 1. The Hall–Kier alpha value is -1.55. The zero-order valence-electron chi connectivity index (χ0n) is 12.3. The van der Waals surface area contributed by atoms with Crippen molar-refractivity contribution in [1.29, 1.82) is 0 Å². The molecule has 0 aliphatic heterocycles. The van der Waals surface area contributed by atoms with Gasteiger partial charge >= 0.3 is 0 Å². The van der Waals surface area contributed by atoms with Crippen molar-refractivity contribution in [2.45, 2.75) is 57.7 Å². The Bertz CT molecular complexity index is 454. The van der Waals surface area contributed by atoms with Crippen molar-refractivity contribution >= 4 is 5.91 Å². The molecule has 20 heavy (non-hydrogen) atoms. The standard InChI is InChI=1S/C16H24N2O2/c1-11(17)13-6-5-9-15(10-13)20-12(2)16(19)18-14-7-3-4-8-14/h5-6,9-12,14H,3-4,7-8,17H2,1-2H3,(H,18,19)/t11-,12?/m1/s1. The van der Waals surface area contributed by atoms with E-state index in [4.69, 9.17) is 10.5 Å². The molecule has 1 aromatic rings. The summed E-state index contributed by atoms with van der Waals surface area (Å²) in [4.78, 5) is 12.1. The molecule has 4 heteroatoms. The summed E-state index contributed by atoms with van der Waals surface area (Å²) in [5, 5.41) is 3.05. The number of hydrogen-bond acceptors (Lipinski definition) is 3. The number of amides is 1. The molecule has 110 valence electrons. The topological polar surface area (TPSA) is 64.3 Å². The van der Waals surface area contributed by atoms with Gasteiger partial charge in [0.1, 0.15) is 5.75 Å². The molecule has 1 aromatic carbocycles. The van der Waals surface area contributed by atoms with Gasteiger partial charge in [0.15, 0.2) is 6.10 Å². The van der Waals surface area contributed by atoms with Crippen molar-refractivity contribution in [2.24, 2.45) is 5.73 Å². The molecule has 1 fully saturated rings. The van der Waals surface area contributed by atoms with E-state index in [2.05, 4.69) is 5.32 Å². The minimum absolute atomic E-state index is 0.0388. The number of nitrogens with one attached hydrogen (secondary N) is 1. The van der Waals surface area contributed by atoms with Crippen molar-refractivity contribution in [3.05, 3.63) is 29.8 Å². The SMILES string of the molecule is CC(Oc1cccc([C@@H](C)N)c1)C(=O)NC1CCCC1. The summed E-state index contributed by atoms with van der Waals surface area (Å²) in [5.41, 5.74) is 6.85. The molecule has 0 spiro atoms. The molecule has 0 saturated heterocycles. The lowest BCUT2D eigenvalue weighted by molar-refractivity contribution is -0.127. The van der Waals surface area contributed by atoms with Gasteiger partial charge in [-0.15, -0.1) is 0 Å². The second kappa shape index (κ2) is 6.75. The Balaban J connectivity index is 1.91. The second-order valence-corrected chi connectivity index (χ2v) is 5.61. The summed E-state index contributed by atoms with van der Waals surface area (Å²) in [6.45, 7) is 3.71. The number of nitrogens with two attached hydrogens (primary N) is 1. The molecule has 2 rings (SSSR count). The van der Waals surface area contributed by atoms with E-state index in [1.54, 1.807) is 6.92 Å². The summed E-state index contributed by atoms with van der Waals surface area (Å²) >= 11 is 0. The minimum atomic E-state index is -0.487. The molecule has 0 heterocycles. The lowest BCUT2D eigenvalue weighted by atomic mass is 10.1. The van der Waals surface area contributed by atoms with Crippen LogP contribution in [0.25, 0.3) is 0 Å². The third kappa shape index (κ3) is 3.97. The first-order chi connectivity index (χ1) is 9.56. The molecule has 4 nitrogen and oxygen atoms in total. The molecule has 1 amide bonds. The monoisotopic (exact) mass is 276 g/mol. The van der Waals surface area contributed by atoms with Gasteiger partial charge in [-0.05, 0) is 44.4 Å². The molecule has 1 saturated carbocycles. The van der Waals surface area contributed by atoms with Crippen LogP contribution in [0.2, 0.25) is 0 Å². The first kappa shape index (κ1) is 14.9. The number of carbonyl (C=O) groups is 1. The number of hydrogen-bond donors (Lipinski definition) is 2. The highest BCUT2D eigenvalue weighted by Crippen LogP contribution is 2.20. The maximum absolute atomic E-state index is 12.1. The zero-order chi connectivity index (χ0) is 14.5. The van der Waals surface area contributed by atoms with Crippen LogP contribution >= 0.6 is 0 Å². The average molecular weight is 276 g/mol. The number of benzene rings is 1. The van der Waals surface area contributed by atoms with Gasteiger partial charge in [-0.25, -0.2) is 0 Å². The Morgan fingerprint density at radius 1 is 1.35 bits per heavy atom. The van der Waals surface area contributed by atoms with Crippen LogP contribution in [0.1, 0.15) is 51.1 Å². The highest BCUT2D eigenvalue weighted by molar-refractivity contribution is 5.81. The molecule has 0 radical (unpaired) electrons. The van der Waals surface area contributed by atoms with Crippen molar-refractivity contribution in [3.8, 4) is 5.75 Å². The Morgan fingerprint density at radius 2 is 2.05 bits per heavy atom. The van der Waals surface area contributed by atoms with E-state index in [0.717, 1.165) is 18.4 Å². The maximum Gasteiger partial charge on any atom is 0.260 e. The van der Waals surface area contributed by atoms with Crippen molar-refractivity contribution in [2.75, 3.05) is 0 Å². The highest BCUT2D eigenvalue weighted by Gasteiger charge is 2.21. The lowest BCUT2D eigenvalue weighted by Gasteiger charge is -2.18. The molecular formula is C16H24N2O2. The normalized spacial score (nSPS) is 18.6. The smallest absolute Gasteiger partial charge is 0.260 e. The third-order valence-corrected chi connectivity index (χ3v) is 3.77. The summed E-state index contributed by atoms with van der Waals surface area (Å²) in [6.07, 6.45) is 4.09. The highest BCUT2D eigenvalue weighted by atomic mass is 16.5. The van der Waals surface area contributed by atoms with Gasteiger partial charge in [-0.2, -0.15) is 0 Å². The molecule has 1 aliphatic rings. The molecule has 0 bridgehead atoms. The minimum Gasteiger partial charge on any atom is -0.481 e. The zero-order valence-corrected chi connectivity index (χ0v) is 12.3. The Kier molecular flexibility index (Phi) is 5.01. The van der Waals surface area contributed by atoms with Crippen LogP contribution in [0, 0.1) is 0 Å². The summed E-state index contributed by atoms with van der Waals surface area (Å²) in [5.74, 6) is 0.650. The quantitative estimate of drug-likeness (QED) is 0.868. The molecule has 1 unspecified atom stereocenters. The first-order valence-electron chi connectivity index (χ1n) is 7.39. The van der Waals surface area contributed by atoms with E-state index in [0.29, 0.717) is 11.8 Å². The summed E-state index contributed by atoms with van der Waals surface area (Å²) < 4.78 is 5.71. The third-order valence-electron chi connectivity index (χ3n) is 3.77. The van der Waals surface area contributed by atoms with Gasteiger partial charge in [0.2, 0.25) is 0 Å². The van der Waals surface area contributed by atoms with E-state index in [1.165, 1.54) is 12.8 Å². The van der Waals surface area contributed by atoms with Crippen LogP contribution in [0.3, 0.4) is 0 Å². The second-order valence-electron chi connectivity index (χ2n) is 5.61. The molecule has 1 aliphatic carbocycles. The fourth-order valence-electron chi connectivity index (χ4n) is 2.52. The van der Waals surface area contributed by atoms with Gasteiger partial charge in [-0.3, -0.25) is 4.79 Å². The number of rotatable bonds is 5. The first-order valence-corrected chi connectivity index (χ1v) is 7.39. The van der Waals surface area contributed by atoms with Crippen LogP contribution in [0.5, 0.6) is 5.75 Å². The van der Waals surface area contributed by atoms with Crippen LogP contribution in [0.4, 0.5) is 0 Å². The van der Waals surface area contributed by atoms with E-state index < -0.39 is 6.10 Å². The van der Waals surface area contributed by atoms with Gasteiger partial charge in [0.05, 0.1) is 0 Å². The van der Waals surface area contributed by atoms with Crippen LogP contribution in [0.15, 0.2) is 24.3 Å². The Labute approximate surface area is 120 Å². The summed E-state index contributed by atoms with van der Waals surface area (Å²) in [6, 6.07) is 7.89. The van der Waals surface area contributed by atoms with E-state index in [1.807, 2.05) is 31.2 Å². The predicted molar refractivity (Wildman–Crippen MR) is 79.5 cm³/mol. The molecule has 3 N–H and O–H groups in total. The van der Waals surface area contributed by atoms with E-state index in [9.17, 15) is 4.79 Å². The predicted octanol–water partition coefficient (Wildman–Crippen LogP) is 2.53. The van der Waals surface area contributed by atoms with E-state index in [-0.39, 0.29) is 11.9 Å². The van der Waals surface area contributed by atoms with Crippen molar-refractivity contribution in [3.63, 3.8) is 0 Å². The van der Waals surface area contributed by atoms with Crippen LogP contribution in [-0.2, 0) is 4.79 Å². The van der Waals surface area contributed by atoms with Crippen molar-refractivity contribution in [1.82, 2.24) is 5.32 Å². The van der Waals surface area contributed by atoms with Crippen LogP contribution < -0.4 is 15.8 Å². The average Bonchev–Trinajstić information content (AvgIpc) is 2.91. The fourth-order valence-corrected chi connectivity index (χ4v) is 2.52. The summed E-state index contributed by atoms with van der Waals surface area (Å²) in [7, 11) is 0. The maximum atomic E-state index is 12.1. The van der Waals surface area contributed by atoms with Gasteiger partial charge in [0, 0.05) is 12.1 Å².